The number of ketones is 1. The Kier molecular flexibility index (Phi) is 6.36. The van der Waals surface area contributed by atoms with Gasteiger partial charge in [-0.1, -0.05) is 77.8 Å². The van der Waals surface area contributed by atoms with Crippen LogP contribution in [-0.4, -0.2) is 20.3 Å². The van der Waals surface area contributed by atoms with Gasteiger partial charge in [0.05, 0.1) is 15.7 Å². The SMILES string of the molecule is Cc1ccc(S(=O)(=O)C2=C(c3ccccc3)O[C@H](C(=O)c3cccs3)[C@H]2c2ccc(Cl)cc2)cc1. The van der Waals surface area contributed by atoms with Crippen LogP contribution in [0, 0.1) is 6.92 Å². The number of carbonyl (C=O) groups is 1. The molecule has 1 aliphatic heterocycles. The Hall–Kier alpha value is -3.19. The first-order chi connectivity index (χ1) is 16.9. The Morgan fingerprint density at radius 1 is 0.886 bits per heavy atom. The summed E-state index contributed by atoms with van der Waals surface area (Å²) >= 11 is 7.44. The fraction of sp³-hybridized carbons (Fsp3) is 0.107. The van der Waals surface area contributed by atoms with Crippen molar-refractivity contribution < 1.29 is 17.9 Å². The Morgan fingerprint density at radius 2 is 1.57 bits per heavy atom. The summed E-state index contributed by atoms with van der Waals surface area (Å²) in [5.74, 6) is -0.910. The molecule has 4 aromatic rings. The van der Waals surface area contributed by atoms with Gasteiger partial charge in [0.25, 0.3) is 0 Å². The minimum absolute atomic E-state index is 0.0739. The molecular weight excluding hydrogens is 500 g/mol. The topological polar surface area (TPSA) is 60.4 Å². The summed E-state index contributed by atoms with van der Waals surface area (Å²) in [5.41, 5.74) is 2.18. The van der Waals surface area contributed by atoms with Gasteiger partial charge in [-0.2, -0.15) is 0 Å². The lowest BCUT2D eigenvalue weighted by atomic mass is 9.91. The van der Waals surface area contributed by atoms with Crippen LogP contribution >= 0.6 is 22.9 Å². The highest BCUT2D eigenvalue weighted by molar-refractivity contribution is 7.95. The zero-order chi connectivity index (χ0) is 24.6. The molecule has 0 aliphatic carbocycles. The molecule has 1 aliphatic rings. The summed E-state index contributed by atoms with van der Waals surface area (Å²) in [4.78, 5) is 14.4. The van der Waals surface area contributed by atoms with E-state index in [4.69, 9.17) is 16.3 Å². The van der Waals surface area contributed by atoms with Crippen LogP contribution in [0.3, 0.4) is 0 Å². The predicted molar refractivity (Wildman–Crippen MR) is 139 cm³/mol. The molecule has 0 bridgehead atoms. The van der Waals surface area contributed by atoms with Crippen LogP contribution in [0.2, 0.25) is 5.02 Å². The molecule has 0 unspecified atom stereocenters. The summed E-state index contributed by atoms with van der Waals surface area (Å²) in [6, 6.07) is 26.2. The molecule has 1 aromatic heterocycles. The van der Waals surface area contributed by atoms with Crippen LogP contribution < -0.4 is 0 Å². The van der Waals surface area contributed by atoms with Crippen molar-refractivity contribution >= 4 is 44.3 Å². The van der Waals surface area contributed by atoms with Crippen LogP contribution in [-0.2, 0) is 14.6 Å². The van der Waals surface area contributed by atoms with Crippen molar-refractivity contribution in [2.24, 2.45) is 0 Å². The van der Waals surface area contributed by atoms with E-state index in [1.54, 1.807) is 72.8 Å². The van der Waals surface area contributed by atoms with Gasteiger partial charge in [0.2, 0.25) is 15.6 Å². The summed E-state index contributed by atoms with van der Waals surface area (Å²) in [6.45, 7) is 1.90. The van der Waals surface area contributed by atoms with E-state index in [0.717, 1.165) is 5.56 Å². The van der Waals surface area contributed by atoms with E-state index >= 15 is 0 Å². The number of hydrogen-bond donors (Lipinski definition) is 0. The van der Waals surface area contributed by atoms with Gasteiger partial charge in [-0.25, -0.2) is 8.42 Å². The quantitative estimate of drug-likeness (QED) is 0.259. The highest BCUT2D eigenvalue weighted by Gasteiger charge is 2.48. The molecular formula is C28H21ClO4S2. The molecule has 7 heteroatoms. The lowest BCUT2D eigenvalue weighted by Gasteiger charge is -2.20. The molecule has 0 radical (unpaired) electrons. The lowest BCUT2D eigenvalue weighted by Crippen LogP contribution is -2.28. The van der Waals surface area contributed by atoms with Gasteiger partial charge >= 0.3 is 0 Å². The second kappa shape index (κ2) is 9.46. The van der Waals surface area contributed by atoms with E-state index in [0.29, 0.717) is 21.0 Å². The largest absolute Gasteiger partial charge is 0.480 e. The van der Waals surface area contributed by atoms with Crippen molar-refractivity contribution in [2.45, 2.75) is 23.8 Å². The third kappa shape index (κ3) is 4.45. The number of rotatable bonds is 6. The van der Waals surface area contributed by atoms with Gasteiger partial charge in [0.1, 0.15) is 10.7 Å². The second-order valence-corrected chi connectivity index (χ2v) is 11.6. The number of thiophene rings is 1. The first-order valence-electron chi connectivity index (χ1n) is 11.0. The van der Waals surface area contributed by atoms with Crippen LogP contribution in [0.15, 0.2) is 106 Å². The number of halogens is 1. The number of ether oxygens (including phenoxy) is 1. The number of aryl methyl sites for hydroxylation is 1. The summed E-state index contributed by atoms with van der Waals surface area (Å²) < 4.78 is 34.6. The van der Waals surface area contributed by atoms with E-state index in [1.807, 2.05) is 30.5 Å². The second-order valence-electron chi connectivity index (χ2n) is 8.29. The fourth-order valence-electron chi connectivity index (χ4n) is 4.23. The molecule has 0 fully saturated rings. The van der Waals surface area contributed by atoms with E-state index in [-0.39, 0.29) is 21.3 Å². The minimum atomic E-state index is -4.02. The maximum absolute atomic E-state index is 14.2. The van der Waals surface area contributed by atoms with E-state index in [1.165, 1.54) is 11.3 Å². The molecule has 35 heavy (non-hydrogen) atoms. The normalized spacial score (nSPS) is 17.9. The standard InChI is InChI=1S/C28H21ClO4S2/c1-18-9-15-22(16-10-18)35(31,32)28-24(19-11-13-21(29)14-12-19)27(25(30)23-8-5-17-34-23)33-26(28)20-6-3-2-4-7-20/h2-17,24,27H,1H3/t24-,27+/m1/s1. The Balaban J connectivity index is 1.76. The average Bonchev–Trinajstić information content (AvgIpc) is 3.54. The fourth-order valence-corrected chi connectivity index (χ4v) is 6.80. The van der Waals surface area contributed by atoms with Crippen molar-refractivity contribution in [3.05, 3.63) is 128 Å². The Morgan fingerprint density at radius 3 is 2.20 bits per heavy atom. The summed E-state index contributed by atoms with van der Waals surface area (Å²) in [6.07, 6.45) is -1.04. The van der Waals surface area contributed by atoms with Crippen LogP contribution in [0.25, 0.3) is 5.76 Å². The third-order valence-corrected chi connectivity index (χ3v) is 9.01. The van der Waals surface area contributed by atoms with Gasteiger partial charge in [-0.05, 0) is 48.2 Å². The highest BCUT2D eigenvalue weighted by Crippen LogP contribution is 2.48. The molecule has 3 aromatic carbocycles. The van der Waals surface area contributed by atoms with Gasteiger partial charge in [-0.15, -0.1) is 11.3 Å². The highest BCUT2D eigenvalue weighted by atomic mass is 35.5. The zero-order valence-corrected chi connectivity index (χ0v) is 21.1. The molecule has 0 amide bonds. The maximum Gasteiger partial charge on any atom is 0.214 e. The molecule has 2 heterocycles. The van der Waals surface area contributed by atoms with Gasteiger partial charge < -0.3 is 4.74 Å². The van der Waals surface area contributed by atoms with Crippen molar-refractivity contribution in [1.82, 2.24) is 0 Å². The monoisotopic (exact) mass is 520 g/mol. The van der Waals surface area contributed by atoms with Crippen molar-refractivity contribution in [1.29, 1.82) is 0 Å². The first-order valence-corrected chi connectivity index (χ1v) is 13.7. The Labute approximate surface area is 213 Å². The number of sulfone groups is 1. The first kappa shape index (κ1) is 23.5. The molecule has 4 nitrogen and oxygen atoms in total. The molecule has 0 saturated carbocycles. The molecule has 0 N–H and O–H groups in total. The number of Topliss-reactive ketones (excluding diaryl/α,β-unsaturated/α-hetero) is 1. The molecule has 176 valence electrons. The smallest absolute Gasteiger partial charge is 0.214 e. The number of benzene rings is 3. The maximum atomic E-state index is 14.2. The van der Waals surface area contributed by atoms with Crippen molar-refractivity contribution in [3.8, 4) is 0 Å². The van der Waals surface area contributed by atoms with Crippen LogP contribution in [0.1, 0.15) is 32.3 Å². The van der Waals surface area contributed by atoms with Crippen molar-refractivity contribution in [3.63, 3.8) is 0 Å². The van der Waals surface area contributed by atoms with E-state index in [9.17, 15) is 13.2 Å². The molecule has 0 spiro atoms. The summed E-state index contributed by atoms with van der Waals surface area (Å²) in [5, 5.41) is 2.33. The van der Waals surface area contributed by atoms with E-state index < -0.39 is 21.9 Å². The summed E-state index contributed by atoms with van der Waals surface area (Å²) in [7, 11) is -4.02. The molecule has 0 saturated heterocycles. The lowest BCUT2D eigenvalue weighted by molar-refractivity contribution is 0.0759. The Bertz CT molecular complexity index is 1490. The number of carbonyl (C=O) groups excluding carboxylic acids is 1. The molecule has 5 rings (SSSR count). The zero-order valence-electron chi connectivity index (χ0n) is 18.7. The van der Waals surface area contributed by atoms with Crippen LogP contribution in [0.4, 0.5) is 0 Å². The predicted octanol–water partition coefficient (Wildman–Crippen LogP) is 6.92. The third-order valence-electron chi connectivity index (χ3n) is 5.96. The van der Waals surface area contributed by atoms with Gasteiger partial charge in [-0.3, -0.25) is 4.79 Å². The minimum Gasteiger partial charge on any atom is -0.480 e. The van der Waals surface area contributed by atoms with Crippen molar-refractivity contribution in [2.75, 3.05) is 0 Å². The van der Waals surface area contributed by atoms with E-state index in [2.05, 4.69) is 0 Å². The van der Waals surface area contributed by atoms with Gasteiger partial charge in [0, 0.05) is 10.6 Å². The average molecular weight is 521 g/mol. The van der Waals surface area contributed by atoms with Gasteiger partial charge in [0.15, 0.2) is 6.10 Å². The van der Waals surface area contributed by atoms with Crippen LogP contribution in [0.5, 0.6) is 0 Å². The molecule has 2 atom stereocenters. The number of hydrogen-bond acceptors (Lipinski definition) is 5.